The molecule has 0 aliphatic heterocycles. The minimum atomic E-state index is -4.16. The van der Waals surface area contributed by atoms with Gasteiger partial charge in [-0.05, 0) is 48.0 Å². The number of hydrogen-bond acceptors (Lipinski definition) is 8. The molecule has 3 aromatic rings. The number of sulfonamides is 1. The molecule has 0 unspecified atom stereocenters. The van der Waals surface area contributed by atoms with Gasteiger partial charge < -0.3 is 18.9 Å². The number of ether oxygens (including phenoxy) is 4. The van der Waals surface area contributed by atoms with Gasteiger partial charge in [-0.1, -0.05) is 30.9 Å². The van der Waals surface area contributed by atoms with Crippen molar-refractivity contribution in [2.45, 2.75) is 4.90 Å². The number of rotatable bonds is 13. The van der Waals surface area contributed by atoms with Crippen LogP contribution in [-0.2, 0) is 14.8 Å². The predicted octanol–water partition coefficient (Wildman–Crippen LogP) is 3.62. The smallest absolute Gasteiger partial charge is 0.264 e. The third-order valence-corrected chi connectivity index (χ3v) is 6.99. The molecule has 0 radical (unpaired) electrons. The van der Waals surface area contributed by atoms with Gasteiger partial charge in [-0.3, -0.25) is 9.10 Å². The second-order valence-electron chi connectivity index (χ2n) is 7.67. The third-order valence-electron chi connectivity index (χ3n) is 5.22. The SMILES string of the molecule is C=CCOc1ccc(/C=N\NC(=O)CN(c2ccccc2)S(=O)(=O)c2ccc(OC)c(OC)c2)cc1OC. The fourth-order valence-electron chi connectivity index (χ4n) is 3.39. The van der Waals surface area contributed by atoms with E-state index in [9.17, 15) is 13.2 Å². The lowest BCUT2D eigenvalue weighted by Gasteiger charge is -2.24. The molecule has 1 amide bonds. The number of nitrogens with zero attached hydrogens (tertiary/aromatic N) is 2. The Hall–Kier alpha value is -4.51. The molecule has 0 atom stereocenters. The van der Waals surface area contributed by atoms with E-state index in [1.165, 1.54) is 45.7 Å². The lowest BCUT2D eigenvalue weighted by atomic mass is 10.2. The van der Waals surface area contributed by atoms with Crippen molar-refractivity contribution in [1.82, 2.24) is 5.43 Å². The molecule has 0 aromatic heterocycles. The average Bonchev–Trinajstić information content (AvgIpc) is 2.94. The number of nitrogens with one attached hydrogen (secondary N) is 1. The van der Waals surface area contributed by atoms with Gasteiger partial charge in [-0.15, -0.1) is 0 Å². The Morgan fingerprint density at radius 2 is 1.58 bits per heavy atom. The molecule has 0 heterocycles. The first-order chi connectivity index (χ1) is 18.3. The number of benzene rings is 3. The quantitative estimate of drug-likeness (QED) is 0.200. The number of carbonyl (C=O) groups is 1. The van der Waals surface area contributed by atoms with E-state index in [0.29, 0.717) is 35.1 Å². The lowest BCUT2D eigenvalue weighted by Crippen LogP contribution is -2.39. The summed E-state index contributed by atoms with van der Waals surface area (Å²) < 4.78 is 49.5. The van der Waals surface area contributed by atoms with E-state index in [0.717, 1.165) is 4.31 Å². The molecule has 1 N–H and O–H groups in total. The van der Waals surface area contributed by atoms with Gasteiger partial charge in [0.25, 0.3) is 15.9 Å². The molecule has 0 fully saturated rings. The van der Waals surface area contributed by atoms with E-state index in [-0.39, 0.29) is 10.6 Å². The van der Waals surface area contributed by atoms with Gasteiger partial charge in [0.15, 0.2) is 23.0 Å². The van der Waals surface area contributed by atoms with Crippen molar-refractivity contribution >= 4 is 27.8 Å². The Bertz CT molecular complexity index is 1390. The van der Waals surface area contributed by atoms with Gasteiger partial charge in [-0.2, -0.15) is 5.10 Å². The van der Waals surface area contributed by atoms with Crippen LogP contribution >= 0.6 is 0 Å². The molecular weight excluding hydrogens is 510 g/mol. The van der Waals surface area contributed by atoms with E-state index in [4.69, 9.17) is 18.9 Å². The fraction of sp³-hybridized carbons (Fsp3) is 0.185. The zero-order valence-electron chi connectivity index (χ0n) is 21.3. The minimum Gasteiger partial charge on any atom is -0.493 e. The number of hydrazone groups is 1. The molecule has 11 heteroatoms. The molecule has 0 saturated heterocycles. The van der Waals surface area contributed by atoms with E-state index in [1.807, 2.05) is 0 Å². The Labute approximate surface area is 222 Å². The second kappa shape index (κ2) is 13.2. The van der Waals surface area contributed by atoms with Crippen molar-refractivity contribution in [2.75, 3.05) is 38.8 Å². The molecule has 38 heavy (non-hydrogen) atoms. The normalized spacial score (nSPS) is 11.0. The highest BCUT2D eigenvalue weighted by atomic mass is 32.2. The summed E-state index contributed by atoms with van der Waals surface area (Å²) in [5, 5.41) is 3.97. The molecule has 0 bridgehead atoms. The Kier molecular flexibility index (Phi) is 9.72. The van der Waals surface area contributed by atoms with Crippen LogP contribution in [0, 0.1) is 0 Å². The summed E-state index contributed by atoms with van der Waals surface area (Å²) in [5.41, 5.74) is 3.31. The van der Waals surface area contributed by atoms with E-state index in [1.54, 1.807) is 54.6 Å². The van der Waals surface area contributed by atoms with Crippen molar-refractivity contribution < 1.29 is 32.2 Å². The summed E-state index contributed by atoms with van der Waals surface area (Å²) in [6.07, 6.45) is 3.03. The van der Waals surface area contributed by atoms with Gasteiger partial charge in [0, 0.05) is 6.07 Å². The Morgan fingerprint density at radius 3 is 2.24 bits per heavy atom. The van der Waals surface area contributed by atoms with Crippen LogP contribution in [0.5, 0.6) is 23.0 Å². The molecule has 0 aliphatic rings. The predicted molar refractivity (Wildman–Crippen MR) is 145 cm³/mol. The summed E-state index contributed by atoms with van der Waals surface area (Å²) in [7, 11) is 0.213. The zero-order valence-corrected chi connectivity index (χ0v) is 22.1. The molecular formula is C27H29N3O7S. The number of amides is 1. The van der Waals surface area contributed by atoms with E-state index in [2.05, 4.69) is 17.1 Å². The number of hydrogen-bond donors (Lipinski definition) is 1. The highest BCUT2D eigenvalue weighted by Gasteiger charge is 2.28. The topological polar surface area (TPSA) is 116 Å². The van der Waals surface area contributed by atoms with Crippen LogP contribution in [0.25, 0.3) is 0 Å². The largest absolute Gasteiger partial charge is 0.493 e. The molecule has 3 aromatic carbocycles. The van der Waals surface area contributed by atoms with Gasteiger partial charge >= 0.3 is 0 Å². The monoisotopic (exact) mass is 539 g/mol. The second-order valence-corrected chi connectivity index (χ2v) is 9.53. The van der Waals surface area contributed by atoms with Crippen LogP contribution < -0.4 is 28.7 Å². The van der Waals surface area contributed by atoms with Crippen molar-refractivity contribution in [3.05, 3.63) is 84.9 Å². The van der Waals surface area contributed by atoms with Crippen molar-refractivity contribution in [2.24, 2.45) is 5.10 Å². The van der Waals surface area contributed by atoms with Gasteiger partial charge in [-0.25, -0.2) is 13.8 Å². The summed E-state index contributed by atoms with van der Waals surface area (Å²) in [4.78, 5) is 12.7. The third kappa shape index (κ3) is 6.83. The van der Waals surface area contributed by atoms with Crippen molar-refractivity contribution in [3.8, 4) is 23.0 Å². The maximum Gasteiger partial charge on any atom is 0.264 e. The summed E-state index contributed by atoms with van der Waals surface area (Å²) >= 11 is 0. The maximum atomic E-state index is 13.6. The Morgan fingerprint density at radius 1 is 0.921 bits per heavy atom. The van der Waals surface area contributed by atoms with Crippen LogP contribution in [0.2, 0.25) is 0 Å². The summed E-state index contributed by atoms with van der Waals surface area (Å²) in [6.45, 7) is 3.42. The van der Waals surface area contributed by atoms with Crippen LogP contribution in [-0.4, -0.2) is 55.0 Å². The van der Waals surface area contributed by atoms with Crippen LogP contribution in [0.4, 0.5) is 5.69 Å². The summed E-state index contributed by atoms with van der Waals surface area (Å²) in [5.74, 6) is 0.992. The molecule has 200 valence electrons. The number of anilines is 1. The van der Waals surface area contributed by atoms with Gasteiger partial charge in [0.2, 0.25) is 0 Å². The van der Waals surface area contributed by atoms with E-state index >= 15 is 0 Å². The molecule has 3 rings (SSSR count). The zero-order chi connectivity index (χ0) is 27.5. The van der Waals surface area contributed by atoms with Crippen molar-refractivity contribution in [3.63, 3.8) is 0 Å². The standard InChI is InChI=1S/C27H29N3O7S/c1-5-15-37-24-13-11-20(16-25(24)35-3)18-28-29-27(31)19-30(21-9-7-6-8-10-21)38(32,33)22-12-14-23(34-2)26(17-22)36-4/h5-14,16-18H,1,15,19H2,2-4H3,(H,29,31)/b28-18-. The Balaban J connectivity index is 1.81. The summed E-state index contributed by atoms with van der Waals surface area (Å²) in [6, 6.07) is 17.6. The number of methoxy groups -OCH3 is 3. The first-order valence-electron chi connectivity index (χ1n) is 11.4. The van der Waals surface area contributed by atoms with Crippen LogP contribution in [0.15, 0.2) is 89.4 Å². The minimum absolute atomic E-state index is 0.0684. The molecule has 0 saturated carbocycles. The van der Waals surface area contributed by atoms with Gasteiger partial charge in [0.1, 0.15) is 13.2 Å². The molecule has 10 nitrogen and oxygen atoms in total. The fourth-order valence-corrected chi connectivity index (χ4v) is 4.83. The van der Waals surface area contributed by atoms with Crippen molar-refractivity contribution in [1.29, 1.82) is 0 Å². The number of para-hydroxylation sites is 1. The van der Waals surface area contributed by atoms with Gasteiger partial charge in [0.05, 0.1) is 38.1 Å². The van der Waals surface area contributed by atoms with E-state index < -0.39 is 22.5 Å². The first kappa shape index (κ1) is 28.1. The lowest BCUT2D eigenvalue weighted by molar-refractivity contribution is -0.119. The highest BCUT2D eigenvalue weighted by Crippen LogP contribution is 2.32. The molecule has 0 spiro atoms. The van der Waals surface area contributed by atoms with Crippen LogP contribution in [0.1, 0.15) is 5.56 Å². The maximum absolute atomic E-state index is 13.6. The highest BCUT2D eigenvalue weighted by molar-refractivity contribution is 7.92. The average molecular weight is 540 g/mol. The first-order valence-corrected chi connectivity index (χ1v) is 12.8. The van der Waals surface area contributed by atoms with Crippen LogP contribution in [0.3, 0.4) is 0 Å². The number of carbonyl (C=O) groups excluding carboxylic acids is 1. The molecule has 0 aliphatic carbocycles.